The van der Waals surface area contributed by atoms with Gasteiger partial charge in [-0.25, -0.2) is 4.98 Å². The van der Waals surface area contributed by atoms with Crippen LogP contribution in [0.2, 0.25) is 0 Å². The maximum absolute atomic E-state index is 5.08. The Labute approximate surface area is 161 Å². The Morgan fingerprint density at radius 1 is 1.00 bits per heavy atom. The fourth-order valence-corrected chi connectivity index (χ4v) is 3.64. The van der Waals surface area contributed by atoms with Gasteiger partial charge in [-0.1, -0.05) is 0 Å². The third-order valence-corrected chi connectivity index (χ3v) is 5.28. The molecule has 4 aromatic heterocycles. The molecule has 9 heteroatoms. The summed E-state index contributed by atoms with van der Waals surface area (Å²) in [5, 5.41) is 17.8. The van der Waals surface area contributed by atoms with E-state index in [9.17, 15) is 0 Å². The lowest BCUT2D eigenvalue weighted by atomic mass is 10.1. The number of hydrogen-bond donors (Lipinski definition) is 0. The van der Waals surface area contributed by atoms with Gasteiger partial charge in [-0.3, -0.25) is 9.67 Å². The molecule has 1 aliphatic carbocycles. The van der Waals surface area contributed by atoms with Crippen LogP contribution in [0.1, 0.15) is 41.0 Å². The molecule has 0 aliphatic heterocycles. The molecule has 2 atom stereocenters. The van der Waals surface area contributed by atoms with Crippen molar-refractivity contribution in [3.63, 3.8) is 0 Å². The maximum Gasteiger partial charge on any atom is 0.231 e. The average molecular weight is 376 g/mol. The molecule has 0 amide bonds. The number of methoxy groups -OCH3 is 1. The molecule has 0 N–H and O–H groups in total. The lowest BCUT2D eigenvalue weighted by Crippen LogP contribution is -2.02. The fraction of sp³-hybridized carbons (Fsp3) is 0.368. The predicted octanol–water partition coefficient (Wildman–Crippen LogP) is 2.21. The lowest BCUT2D eigenvalue weighted by molar-refractivity contribution is 0.395. The maximum atomic E-state index is 5.08. The van der Waals surface area contributed by atoms with E-state index in [1.165, 1.54) is 0 Å². The van der Waals surface area contributed by atoms with E-state index in [-0.39, 0.29) is 0 Å². The summed E-state index contributed by atoms with van der Waals surface area (Å²) in [6.07, 6.45) is 4.48. The molecule has 0 saturated heterocycles. The van der Waals surface area contributed by atoms with E-state index in [1.54, 1.807) is 24.0 Å². The van der Waals surface area contributed by atoms with Crippen molar-refractivity contribution >= 4 is 5.65 Å². The highest BCUT2D eigenvalue weighted by molar-refractivity contribution is 5.60. The lowest BCUT2D eigenvalue weighted by Gasteiger charge is -2.04. The van der Waals surface area contributed by atoms with Crippen LogP contribution in [0.5, 0.6) is 5.88 Å². The number of hydrogen-bond acceptors (Lipinski definition) is 7. The van der Waals surface area contributed by atoms with Crippen molar-refractivity contribution in [1.82, 2.24) is 39.6 Å². The summed E-state index contributed by atoms with van der Waals surface area (Å²) in [7, 11) is 3.54. The minimum absolute atomic E-state index is 0.346. The molecule has 1 fully saturated rings. The standard InChI is InChI=1S/C19H20N8O/c1-10-5-15(25-27-11(2)22-23-19(10)27)17-7-14(24-26(17)3)12-6-13(12)16-8-21-18(28-4)9-20-16/h5,7-9,12-13H,6H2,1-4H3. The Bertz CT molecular complexity index is 1180. The highest BCUT2D eigenvalue weighted by atomic mass is 16.5. The number of nitrogens with zero attached hydrogens (tertiary/aromatic N) is 8. The molecule has 4 aromatic rings. The van der Waals surface area contributed by atoms with E-state index >= 15 is 0 Å². The van der Waals surface area contributed by atoms with Gasteiger partial charge in [0.2, 0.25) is 5.88 Å². The molecule has 1 saturated carbocycles. The van der Waals surface area contributed by atoms with E-state index in [0.29, 0.717) is 17.7 Å². The number of aryl methyl sites for hydroxylation is 3. The normalized spacial score (nSPS) is 18.6. The van der Waals surface area contributed by atoms with Gasteiger partial charge < -0.3 is 4.74 Å². The first-order valence-corrected chi connectivity index (χ1v) is 9.15. The number of aromatic nitrogens is 8. The van der Waals surface area contributed by atoms with Gasteiger partial charge in [0.15, 0.2) is 11.5 Å². The summed E-state index contributed by atoms with van der Waals surface area (Å²) in [6.45, 7) is 3.92. The Hall–Kier alpha value is -3.36. The minimum atomic E-state index is 0.346. The molecule has 4 heterocycles. The summed E-state index contributed by atoms with van der Waals surface area (Å²) in [6, 6.07) is 4.15. The molecule has 142 valence electrons. The Morgan fingerprint density at radius 2 is 1.82 bits per heavy atom. The largest absolute Gasteiger partial charge is 0.480 e. The summed E-state index contributed by atoms with van der Waals surface area (Å²) >= 11 is 0. The number of rotatable bonds is 4. The van der Waals surface area contributed by atoms with Crippen LogP contribution < -0.4 is 4.74 Å². The molecule has 9 nitrogen and oxygen atoms in total. The molecule has 28 heavy (non-hydrogen) atoms. The first kappa shape index (κ1) is 16.8. The fourth-order valence-electron chi connectivity index (χ4n) is 3.64. The van der Waals surface area contributed by atoms with Crippen molar-refractivity contribution in [3.8, 4) is 17.3 Å². The SMILES string of the molecule is COc1cnc(C2CC2c2cc(-c3cc(C)c4nnc(C)n4n3)n(C)n2)cn1. The van der Waals surface area contributed by atoms with Crippen LogP contribution >= 0.6 is 0 Å². The summed E-state index contributed by atoms with van der Waals surface area (Å²) in [5.74, 6) is 1.99. The van der Waals surface area contributed by atoms with Gasteiger partial charge in [-0.15, -0.1) is 10.2 Å². The number of fused-ring (bicyclic) bond motifs is 1. The quantitative estimate of drug-likeness (QED) is 0.539. The summed E-state index contributed by atoms with van der Waals surface area (Å²) in [4.78, 5) is 8.74. The van der Waals surface area contributed by atoms with Gasteiger partial charge in [0.1, 0.15) is 5.69 Å². The van der Waals surface area contributed by atoms with Crippen LogP contribution in [0.25, 0.3) is 17.0 Å². The van der Waals surface area contributed by atoms with Gasteiger partial charge >= 0.3 is 0 Å². The van der Waals surface area contributed by atoms with Crippen LogP contribution in [-0.4, -0.2) is 46.7 Å². The van der Waals surface area contributed by atoms with Crippen molar-refractivity contribution in [1.29, 1.82) is 0 Å². The molecule has 0 spiro atoms. The second-order valence-electron chi connectivity index (χ2n) is 7.21. The second-order valence-corrected chi connectivity index (χ2v) is 7.21. The Balaban J connectivity index is 1.46. The van der Waals surface area contributed by atoms with Gasteiger partial charge in [-0.2, -0.15) is 14.7 Å². The topological polar surface area (TPSA) is 95.9 Å². The zero-order valence-electron chi connectivity index (χ0n) is 16.2. The smallest absolute Gasteiger partial charge is 0.231 e. The van der Waals surface area contributed by atoms with Crippen molar-refractivity contribution in [2.24, 2.45) is 7.05 Å². The summed E-state index contributed by atoms with van der Waals surface area (Å²) in [5.41, 5.74) is 5.68. The van der Waals surface area contributed by atoms with Crippen LogP contribution in [0.3, 0.4) is 0 Å². The molecule has 0 aromatic carbocycles. The minimum Gasteiger partial charge on any atom is -0.480 e. The Morgan fingerprint density at radius 3 is 2.57 bits per heavy atom. The number of ether oxygens (including phenoxy) is 1. The van der Waals surface area contributed by atoms with Gasteiger partial charge in [0.25, 0.3) is 0 Å². The highest BCUT2D eigenvalue weighted by Crippen LogP contribution is 2.53. The molecular weight excluding hydrogens is 356 g/mol. The third kappa shape index (κ3) is 2.62. The van der Waals surface area contributed by atoms with Crippen molar-refractivity contribution in [3.05, 3.63) is 47.3 Å². The molecule has 0 radical (unpaired) electrons. The van der Waals surface area contributed by atoms with Crippen molar-refractivity contribution < 1.29 is 4.74 Å². The Kier molecular flexibility index (Phi) is 3.65. The molecule has 2 unspecified atom stereocenters. The van der Waals surface area contributed by atoms with Gasteiger partial charge in [0.05, 0.1) is 36.6 Å². The average Bonchev–Trinajstić information content (AvgIpc) is 3.28. The van der Waals surface area contributed by atoms with Gasteiger partial charge in [0, 0.05) is 18.9 Å². The molecule has 0 bridgehead atoms. The first-order valence-electron chi connectivity index (χ1n) is 9.15. The van der Waals surface area contributed by atoms with E-state index in [2.05, 4.69) is 26.2 Å². The van der Waals surface area contributed by atoms with E-state index < -0.39 is 0 Å². The van der Waals surface area contributed by atoms with E-state index in [4.69, 9.17) is 14.9 Å². The van der Waals surface area contributed by atoms with Crippen molar-refractivity contribution in [2.45, 2.75) is 32.1 Å². The highest BCUT2D eigenvalue weighted by Gasteiger charge is 2.43. The zero-order chi connectivity index (χ0) is 19.4. The van der Waals surface area contributed by atoms with Crippen LogP contribution in [-0.2, 0) is 7.05 Å². The molecule has 5 rings (SSSR count). The zero-order valence-corrected chi connectivity index (χ0v) is 16.2. The van der Waals surface area contributed by atoms with Gasteiger partial charge in [-0.05, 0) is 38.0 Å². The van der Waals surface area contributed by atoms with E-state index in [0.717, 1.165) is 46.2 Å². The van der Waals surface area contributed by atoms with Crippen LogP contribution in [0, 0.1) is 13.8 Å². The van der Waals surface area contributed by atoms with Crippen molar-refractivity contribution in [2.75, 3.05) is 7.11 Å². The second kappa shape index (κ2) is 6.08. The van der Waals surface area contributed by atoms with Crippen LogP contribution in [0.4, 0.5) is 0 Å². The first-order chi connectivity index (χ1) is 13.5. The third-order valence-electron chi connectivity index (χ3n) is 5.28. The molecular formula is C19H20N8O. The van der Waals surface area contributed by atoms with E-state index in [1.807, 2.05) is 31.6 Å². The van der Waals surface area contributed by atoms with Crippen LogP contribution in [0.15, 0.2) is 24.5 Å². The monoisotopic (exact) mass is 376 g/mol. The predicted molar refractivity (Wildman–Crippen MR) is 101 cm³/mol. The molecule has 1 aliphatic rings. The summed E-state index contributed by atoms with van der Waals surface area (Å²) < 4.78 is 8.75.